The van der Waals surface area contributed by atoms with Gasteiger partial charge in [-0.1, -0.05) is 34.1 Å². The molecule has 126 valence electrons. The number of halogens is 1. The molecule has 2 heterocycles. The van der Waals surface area contributed by atoms with E-state index in [-0.39, 0.29) is 5.97 Å². The highest BCUT2D eigenvalue weighted by Gasteiger charge is 2.29. The summed E-state index contributed by atoms with van der Waals surface area (Å²) in [5, 5.41) is 4.62. The fourth-order valence-electron chi connectivity index (χ4n) is 2.93. The second kappa shape index (κ2) is 6.69. The first-order valence-electron chi connectivity index (χ1n) is 7.96. The van der Waals surface area contributed by atoms with Gasteiger partial charge in [0.1, 0.15) is 0 Å². The second-order valence-corrected chi connectivity index (χ2v) is 7.50. The van der Waals surface area contributed by atoms with E-state index in [4.69, 9.17) is 4.74 Å². The number of nitrogens with zero attached hydrogens (tertiary/aromatic N) is 2. The van der Waals surface area contributed by atoms with E-state index in [0.717, 1.165) is 27.0 Å². The van der Waals surface area contributed by atoms with E-state index < -0.39 is 0 Å². The summed E-state index contributed by atoms with van der Waals surface area (Å²) in [5.74, 6) is 0.339. The van der Waals surface area contributed by atoms with Gasteiger partial charge in [0.05, 0.1) is 18.0 Å². The fraction of sp³-hybridized carbons (Fsp3) is 0.158. The van der Waals surface area contributed by atoms with Gasteiger partial charge in [-0.15, -0.1) is 11.8 Å². The van der Waals surface area contributed by atoms with E-state index >= 15 is 0 Å². The van der Waals surface area contributed by atoms with E-state index in [0.29, 0.717) is 18.1 Å². The third kappa shape index (κ3) is 2.89. The van der Waals surface area contributed by atoms with Crippen molar-refractivity contribution in [2.45, 2.75) is 17.6 Å². The Hall–Kier alpha value is -2.05. The number of carbonyl (C=O) groups excluding carboxylic acids is 1. The lowest BCUT2D eigenvalue weighted by atomic mass is 10.1. The molecule has 0 saturated carbocycles. The molecule has 2 aromatic carbocycles. The zero-order valence-corrected chi connectivity index (χ0v) is 15.9. The fourth-order valence-corrected chi connectivity index (χ4v) is 4.27. The van der Waals surface area contributed by atoms with Crippen LogP contribution in [0.5, 0.6) is 0 Å². The van der Waals surface area contributed by atoms with Crippen LogP contribution >= 0.6 is 27.7 Å². The molecule has 4 rings (SSSR count). The minimum absolute atomic E-state index is 0.336. The Kier molecular flexibility index (Phi) is 4.39. The molecule has 1 aromatic heterocycles. The molecule has 4 nitrogen and oxygen atoms in total. The Morgan fingerprint density at radius 1 is 1.24 bits per heavy atom. The summed E-state index contributed by atoms with van der Waals surface area (Å²) in [7, 11) is 0. The van der Waals surface area contributed by atoms with Gasteiger partial charge in [0, 0.05) is 26.2 Å². The van der Waals surface area contributed by atoms with Crippen LogP contribution in [-0.2, 0) is 10.5 Å². The monoisotopic (exact) mass is 414 g/mol. The van der Waals surface area contributed by atoms with Crippen LogP contribution < -0.4 is 0 Å². The predicted molar refractivity (Wildman–Crippen MR) is 102 cm³/mol. The molecular weight excluding hydrogens is 400 g/mol. The topological polar surface area (TPSA) is 44.1 Å². The molecule has 0 fully saturated rings. The van der Waals surface area contributed by atoms with Gasteiger partial charge < -0.3 is 4.74 Å². The molecule has 0 unspecified atom stereocenters. The summed E-state index contributed by atoms with van der Waals surface area (Å²) in [6, 6.07) is 16.1. The molecule has 1 aliphatic heterocycles. The predicted octanol–water partition coefficient (Wildman–Crippen LogP) is 5.08. The second-order valence-electron chi connectivity index (χ2n) is 5.57. The van der Waals surface area contributed by atoms with Gasteiger partial charge >= 0.3 is 5.97 Å². The van der Waals surface area contributed by atoms with Crippen molar-refractivity contribution in [3.8, 4) is 16.9 Å². The highest BCUT2D eigenvalue weighted by Crippen LogP contribution is 2.43. The smallest absolute Gasteiger partial charge is 0.359 e. The highest BCUT2D eigenvalue weighted by molar-refractivity contribution is 9.10. The van der Waals surface area contributed by atoms with Crippen LogP contribution in [0.15, 0.2) is 57.9 Å². The summed E-state index contributed by atoms with van der Waals surface area (Å²) >= 11 is 5.18. The van der Waals surface area contributed by atoms with Crippen LogP contribution in [0, 0.1) is 0 Å². The third-order valence-electron chi connectivity index (χ3n) is 4.04. The normalized spacial score (nSPS) is 12.4. The third-order valence-corrected chi connectivity index (χ3v) is 5.67. The SMILES string of the molecule is CCOC(=O)c1nn(-c2ccc(Br)cc2)c2c1CSc1ccccc1-2. The summed E-state index contributed by atoms with van der Waals surface area (Å²) in [6.45, 7) is 2.14. The molecule has 0 amide bonds. The zero-order chi connectivity index (χ0) is 17.4. The Morgan fingerprint density at radius 2 is 2.00 bits per heavy atom. The number of hydrogen-bond donors (Lipinski definition) is 0. The van der Waals surface area contributed by atoms with Crippen molar-refractivity contribution in [2.24, 2.45) is 0 Å². The first kappa shape index (κ1) is 16.4. The highest BCUT2D eigenvalue weighted by atomic mass is 79.9. The standard InChI is InChI=1S/C19H15BrN2O2S/c1-2-24-19(23)17-15-11-25-16-6-4-3-5-14(16)18(15)22(21-17)13-9-7-12(20)8-10-13/h3-10H,2,11H2,1H3. The van der Waals surface area contributed by atoms with E-state index in [1.807, 2.05) is 41.1 Å². The molecule has 0 spiro atoms. The summed E-state index contributed by atoms with van der Waals surface area (Å²) in [5.41, 5.74) is 4.32. The molecule has 0 radical (unpaired) electrons. The maximum absolute atomic E-state index is 12.4. The van der Waals surface area contributed by atoms with Crippen molar-refractivity contribution in [3.63, 3.8) is 0 Å². The van der Waals surface area contributed by atoms with Crippen molar-refractivity contribution in [1.82, 2.24) is 9.78 Å². The van der Waals surface area contributed by atoms with Gasteiger partial charge in [0.15, 0.2) is 5.69 Å². The molecule has 0 atom stereocenters. The molecule has 0 N–H and O–H groups in total. The van der Waals surface area contributed by atoms with E-state index in [9.17, 15) is 4.79 Å². The number of ether oxygens (including phenoxy) is 1. The number of carbonyl (C=O) groups is 1. The molecule has 25 heavy (non-hydrogen) atoms. The van der Waals surface area contributed by atoms with Gasteiger partial charge in [0.2, 0.25) is 0 Å². The zero-order valence-electron chi connectivity index (χ0n) is 13.5. The first-order chi connectivity index (χ1) is 12.2. The van der Waals surface area contributed by atoms with Gasteiger partial charge in [-0.2, -0.15) is 5.10 Å². The quantitative estimate of drug-likeness (QED) is 0.560. The molecule has 6 heteroatoms. The number of thioether (sulfide) groups is 1. The van der Waals surface area contributed by atoms with Crippen LogP contribution in [0.25, 0.3) is 16.9 Å². The maximum Gasteiger partial charge on any atom is 0.359 e. The van der Waals surface area contributed by atoms with Crippen LogP contribution in [0.4, 0.5) is 0 Å². The molecular formula is C19H15BrN2O2S. The van der Waals surface area contributed by atoms with Gasteiger partial charge in [-0.25, -0.2) is 9.48 Å². The maximum atomic E-state index is 12.4. The van der Waals surface area contributed by atoms with Gasteiger partial charge in [-0.3, -0.25) is 0 Å². The molecule has 3 aromatic rings. The minimum Gasteiger partial charge on any atom is -0.461 e. The molecule has 0 aliphatic carbocycles. The van der Waals surface area contributed by atoms with Crippen LogP contribution in [0.1, 0.15) is 23.0 Å². The van der Waals surface area contributed by atoms with Crippen LogP contribution in [-0.4, -0.2) is 22.4 Å². The number of aromatic nitrogens is 2. The van der Waals surface area contributed by atoms with Crippen molar-refractivity contribution < 1.29 is 9.53 Å². The average Bonchev–Trinajstić information content (AvgIpc) is 3.03. The Balaban J connectivity index is 1.96. The molecule has 0 bridgehead atoms. The number of benzene rings is 2. The van der Waals surface area contributed by atoms with E-state index in [2.05, 4.69) is 33.2 Å². The van der Waals surface area contributed by atoms with Crippen molar-refractivity contribution in [2.75, 3.05) is 6.61 Å². The number of esters is 1. The lowest BCUT2D eigenvalue weighted by molar-refractivity contribution is 0.0518. The van der Waals surface area contributed by atoms with Gasteiger partial charge in [-0.05, 0) is 37.3 Å². The van der Waals surface area contributed by atoms with Crippen LogP contribution in [0.2, 0.25) is 0 Å². The van der Waals surface area contributed by atoms with Crippen LogP contribution in [0.3, 0.4) is 0 Å². The largest absolute Gasteiger partial charge is 0.461 e. The van der Waals surface area contributed by atoms with Gasteiger partial charge in [0.25, 0.3) is 0 Å². The molecule has 1 aliphatic rings. The summed E-state index contributed by atoms with van der Waals surface area (Å²) < 4.78 is 8.07. The Morgan fingerprint density at radius 3 is 2.76 bits per heavy atom. The Labute approximate surface area is 158 Å². The number of fused-ring (bicyclic) bond motifs is 3. The lowest BCUT2D eigenvalue weighted by Crippen LogP contribution is -2.08. The summed E-state index contributed by atoms with van der Waals surface area (Å²) in [4.78, 5) is 13.6. The summed E-state index contributed by atoms with van der Waals surface area (Å²) in [6.07, 6.45) is 0. The van der Waals surface area contributed by atoms with Crippen molar-refractivity contribution in [1.29, 1.82) is 0 Å². The number of rotatable bonds is 3. The minimum atomic E-state index is -0.366. The Bertz CT molecular complexity index is 951. The average molecular weight is 415 g/mol. The molecule has 0 saturated heterocycles. The van der Waals surface area contributed by atoms with Crippen molar-refractivity contribution >= 4 is 33.7 Å². The number of hydrogen-bond acceptors (Lipinski definition) is 4. The van der Waals surface area contributed by atoms with E-state index in [1.165, 1.54) is 4.90 Å². The van der Waals surface area contributed by atoms with E-state index in [1.54, 1.807) is 18.7 Å². The lowest BCUT2D eigenvalue weighted by Gasteiger charge is -2.18. The first-order valence-corrected chi connectivity index (χ1v) is 9.74. The van der Waals surface area contributed by atoms with Crippen molar-refractivity contribution in [3.05, 3.63) is 64.3 Å².